The van der Waals surface area contributed by atoms with E-state index in [1.165, 1.54) is 16.9 Å². The Labute approximate surface area is 180 Å². The van der Waals surface area contributed by atoms with Crippen molar-refractivity contribution in [3.05, 3.63) is 53.6 Å². The summed E-state index contributed by atoms with van der Waals surface area (Å²) in [5, 5.41) is 6.59. The molecule has 2 amide bonds. The van der Waals surface area contributed by atoms with E-state index in [2.05, 4.69) is 27.4 Å². The molecule has 2 N–H and O–H groups in total. The van der Waals surface area contributed by atoms with E-state index in [9.17, 15) is 9.59 Å². The van der Waals surface area contributed by atoms with Gasteiger partial charge in [0.05, 0.1) is 16.8 Å². The van der Waals surface area contributed by atoms with Crippen LogP contribution in [0.25, 0.3) is 10.2 Å². The van der Waals surface area contributed by atoms with Crippen molar-refractivity contribution in [1.82, 2.24) is 9.88 Å². The largest absolute Gasteiger partial charge is 0.325 e. The van der Waals surface area contributed by atoms with Crippen LogP contribution in [0, 0.1) is 19.8 Å². The molecule has 1 fully saturated rings. The van der Waals surface area contributed by atoms with E-state index in [-0.39, 0.29) is 17.7 Å². The van der Waals surface area contributed by atoms with Crippen LogP contribution < -0.4 is 10.6 Å². The lowest BCUT2D eigenvalue weighted by molar-refractivity contribution is -0.121. The number of carbonyl (C=O) groups is 2. The van der Waals surface area contributed by atoms with Gasteiger partial charge in [0.2, 0.25) is 11.8 Å². The summed E-state index contributed by atoms with van der Waals surface area (Å²) in [6.45, 7) is 5.91. The van der Waals surface area contributed by atoms with Crippen LogP contribution >= 0.6 is 11.3 Å². The van der Waals surface area contributed by atoms with E-state index in [4.69, 9.17) is 0 Å². The molecule has 0 bridgehead atoms. The first-order chi connectivity index (χ1) is 14.5. The maximum Gasteiger partial charge on any atom is 0.238 e. The van der Waals surface area contributed by atoms with Gasteiger partial charge in [0.15, 0.2) is 5.13 Å². The summed E-state index contributed by atoms with van der Waals surface area (Å²) in [7, 11) is 0. The van der Waals surface area contributed by atoms with Crippen LogP contribution in [0.3, 0.4) is 0 Å². The molecule has 0 saturated carbocycles. The number of nitrogens with one attached hydrogen (secondary N) is 2. The first-order valence-corrected chi connectivity index (χ1v) is 11.1. The Bertz CT molecular complexity index is 1040. The molecule has 3 aromatic rings. The highest BCUT2D eigenvalue weighted by molar-refractivity contribution is 7.22. The van der Waals surface area contributed by atoms with Gasteiger partial charge in [-0.2, -0.15) is 0 Å². The predicted molar refractivity (Wildman–Crippen MR) is 122 cm³/mol. The van der Waals surface area contributed by atoms with Crippen LogP contribution in [0.1, 0.15) is 24.0 Å². The molecule has 1 aliphatic rings. The molecule has 6 nitrogen and oxygen atoms in total. The number of hydrogen-bond donors (Lipinski definition) is 2. The van der Waals surface area contributed by atoms with Gasteiger partial charge in [-0.3, -0.25) is 14.5 Å². The van der Waals surface area contributed by atoms with Gasteiger partial charge >= 0.3 is 0 Å². The third kappa shape index (κ3) is 4.86. The fourth-order valence-electron chi connectivity index (χ4n) is 3.71. The Morgan fingerprint density at radius 1 is 1.07 bits per heavy atom. The van der Waals surface area contributed by atoms with Crippen LogP contribution in [0.4, 0.5) is 10.8 Å². The van der Waals surface area contributed by atoms with E-state index in [0.717, 1.165) is 47.4 Å². The van der Waals surface area contributed by atoms with Crippen molar-refractivity contribution >= 4 is 44.2 Å². The highest BCUT2D eigenvalue weighted by Gasteiger charge is 2.26. The van der Waals surface area contributed by atoms with Gasteiger partial charge in [0.1, 0.15) is 0 Å². The van der Waals surface area contributed by atoms with Crippen molar-refractivity contribution in [1.29, 1.82) is 0 Å². The number of nitrogens with zero attached hydrogens (tertiary/aromatic N) is 2. The zero-order valence-electron chi connectivity index (χ0n) is 17.3. The van der Waals surface area contributed by atoms with Gasteiger partial charge in [-0.1, -0.05) is 29.5 Å². The monoisotopic (exact) mass is 422 g/mol. The van der Waals surface area contributed by atoms with Crippen LogP contribution in [-0.2, 0) is 9.59 Å². The van der Waals surface area contributed by atoms with Crippen molar-refractivity contribution < 1.29 is 9.59 Å². The normalized spacial score (nSPS) is 15.3. The SMILES string of the molecule is Cc1ccc(NC(=O)CN2CCC(C(=O)Nc3nc4ccccc4s3)CC2)cc1C. The number of fused-ring (bicyclic) bond motifs is 1. The molecule has 0 atom stereocenters. The fourth-order valence-corrected chi connectivity index (χ4v) is 4.58. The number of aromatic nitrogens is 1. The van der Waals surface area contributed by atoms with Gasteiger partial charge < -0.3 is 10.6 Å². The average Bonchev–Trinajstić information content (AvgIpc) is 3.13. The second kappa shape index (κ2) is 8.93. The standard InChI is InChI=1S/C23H26N4O2S/c1-15-7-8-18(13-16(15)2)24-21(28)14-27-11-9-17(10-12-27)22(29)26-23-25-19-5-3-4-6-20(19)30-23/h3-8,13,17H,9-12,14H2,1-2H3,(H,24,28)(H,25,26,29). The molecule has 1 saturated heterocycles. The molecule has 0 unspecified atom stereocenters. The lowest BCUT2D eigenvalue weighted by atomic mass is 9.96. The molecule has 0 aliphatic carbocycles. The number of para-hydroxylation sites is 1. The number of rotatable bonds is 5. The van der Waals surface area contributed by atoms with E-state index < -0.39 is 0 Å². The molecular formula is C23H26N4O2S. The molecule has 156 valence electrons. The molecule has 7 heteroatoms. The second-order valence-corrected chi connectivity index (χ2v) is 8.90. The number of hydrogen-bond acceptors (Lipinski definition) is 5. The minimum Gasteiger partial charge on any atom is -0.325 e. The summed E-state index contributed by atoms with van der Waals surface area (Å²) in [6, 6.07) is 13.8. The van der Waals surface area contributed by atoms with Gasteiger partial charge in [-0.15, -0.1) is 0 Å². The number of carbonyl (C=O) groups excluding carboxylic acids is 2. The molecule has 1 aromatic heterocycles. The predicted octanol–water partition coefficient (Wildman–Crippen LogP) is 4.20. The van der Waals surface area contributed by atoms with Gasteiger partial charge in [0, 0.05) is 11.6 Å². The number of piperidine rings is 1. The molecule has 0 radical (unpaired) electrons. The number of benzene rings is 2. The fraction of sp³-hybridized carbons (Fsp3) is 0.348. The maximum atomic E-state index is 12.6. The van der Waals surface area contributed by atoms with E-state index >= 15 is 0 Å². The van der Waals surface area contributed by atoms with Crippen molar-refractivity contribution in [3.63, 3.8) is 0 Å². The van der Waals surface area contributed by atoms with Gasteiger partial charge in [-0.25, -0.2) is 4.98 Å². The molecule has 4 rings (SSSR count). The highest BCUT2D eigenvalue weighted by atomic mass is 32.1. The molecular weight excluding hydrogens is 396 g/mol. The summed E-state index contributed by atoms with van der Waals surface area (Å²) in [5.41, 5.74) is 4.10. The number of aryl methyl sites for hydroxylation is 2. The Morgan fingerprint density at radius 3 is 2.57 bits per heavy atom. The van der Waals surface area contributed by atoms with Crippen molar-refractivity contribution in [2.45, 2.75) is 26.7 Å². The topological polar surface area (TPSA) is 74.3 Å². The summed E-state index contributed by atoms with van der Waals surface area (Å²) in [5.74, 6) is -0.0417. The van der Waals surface area contributed by atoms with Crippen LogP contribution in [0.2, 0.25) is 0 Å². The van der Waals surface area contributed by atoms with Crippen LogP contribution in [-0.4, -0.2) is 41.3 Å². The number of likely N-dealkylation sites (tertiary alicyclic amines) is 1. The first kappa shape index (κ1) is 20.5. The summed E-state index contributed by atoms with van der Waals surface area (Å²) < 4.78 is 1.07. The van der Waals surface area contributed by atoms with Crippen molar-refractivity contribution in [2.24, 2.45) is 5.92 Å². The van der Waals surface area contributed by atoms with E-state index in [1.807, 2.05) is 49.4 Å². The Balaban J connectivity index is 1.25. The van der Waals surface area contributed by atoms with Gasteiger partial charge in [-0.05, 0) is 75.2 Å². The number of amides is 2. The molecule has 0 spiro atoms. The van der Waals surface area contributed by atoms with Crippen molar-refractivity contribution in [2.75, 3.05) is 30.3 Å². The van der Waals surface area contributed by atoms with E-state index in [1.54, 1.807) is 0 Å². The third-order valence-electron chi connectivity index (χ3n) is 5.64. The Morgan fingerprint density at radius 2 is 1.83 bits per heavy atom. The van der Waals surface area contributed by atoms with Crippen LogP contribution in [0.15, 0.2) is 42.5 Å². The molecule has 2 aromatic carbocycles. The highest BCUT2D eigenvalue weighted by Crippen LogP contribution is 2.27. The quantitative estimate of drug-likeness (QED) is 0.646. The van der Waals surface area contributed by atoms with Crippen LogP contribution in [0.5, 0.6) is 0 Å². The first-order valence-electron chi connectivity index (χ1n) is 10.2. The smallest absolute Gasteiger partial charge is 0.238 e. The Kier molecular flexibility index (Phi) is 6.11. The number of anilines is 2. The summed E-state index contributed by atoms with van der Waals surface area (Å²) in [4.78, 5) is 31.6. The van der Waals surface area contributed by atoms with E-state index in [0.29, 0.717) is 11.7 Å². The molecule has 1 aliphatic heterocycles. The average molecular weight is 423 g/mol. The summed E-state index contributed by atoms with van der Waals surface area (Å²) >= 11 is 1.49. The zero-order chi connectivity index (χ0) is 21.1. The molecule has 30 heavy (non-hydrogen) atoms. The van der Waals surface area contributed by atoms with Gasteiger partial charge in [0.25, 0.3) is 0 Å². The second-order valence-electron chi connectivity index (χ2n) is 7.87. The lowest BCUT2D eigenvalue weighted by Gasteiger charge is -2.30. The van der Waals surface area contributed by atoms with Crippen molar-refractivity contribution in [3.8, 4) is 0 Å². The minimum absolute atomic E-state index is 0.0179. The Hall–Kier alpha value is -2.77. The minimum atomic E-state index is -0.0453. The molecule has 2 heterocycles. The maximum absolute atomic E-state index is 12.6. The number of thiazole rings is 1. The summed E-state index contributed by atoms with van der Waals surface area (Å²) in [6.07, 6.45) is 1.49. The lowest BCUT2D eigenvalue weighted by Crippen LogP contribution is -2.41. The third-order valence-corrected chi connectivity index (χ3v) is 6.59. The zero-order valence-corrected chi connectivity index (χ0v) is 18.1.